The van der Waals surface area contributed by atoms with Crippen LogP contribution in [-0.2, 0) is 14.4 Å². The fourth-order valence-electron chi connectivity index (χ4n) is 2.55. The number of amides is 2. The van der Waals surface area contributed by atoms with Crippen LogP contribution >= 0.6 is 0 Å². The van der Waals surface area contributed by atoms with Crippen molar-refractivity contribution in [3.8, 4) is 0 Å². The molecule has 0 radical (unpaired) electrons. The predicted octanol–water partition coefficient (Wildman–Crippen LogP) is 0.980. The van der Waals surface area contributed by atoms with Crippen molar-refractivity contribution in [1.29, 1.82) is 0 Å². The summed E-state index contributed by atoms with van der Waals surface area (Å²) in [6, 6.07) is 0. The molecule has 0 aromatic heterocycles. The standard InChI is InChI=1S/C15H24N2O4/c1-4-7-16(10-13(18)19)15(21)12-6-5-8-17(9-12)14(20)11(2)3/h4,11-12H,1,5-10H2,2-3H3,(H,18,19). The van der Waals surface area contributed by atoms with Crippen molar-refractivity contribution in [3.05, 3.63) is 12.7 Å². The summed E-state index contributed by atoms with van der Waals surface area (Å²) in [5.41, 5.74) is 0. The second-order valence-corrected chi connectivity index (χ2v) is 5.68. The number of hydrogen-bond acceptors (Lipinski definition) is 3. The zero-order chi connectivity index (χ0) is 16.0. The first-order valence-corrected chi connectivity index (χ1v) is 7.27. The molecule has 1 aliphatic rings. The van der Waals surface area contributed by atoms with Crippen LogP contribution in [0, 0.1) is 11.8 Å². The molecule has 0 bridgehead atoms. The molecule has 6 nitrogen and oxygen atoms in total. The zero-order valence-electron chi connectivity index (χ0n) is 12.7. The highest BCUT2D eigenvalue weighted by Gasteiger charge is 2.32. The molecule has 1 rings (SSSR count). The number of carbonyl (C=O) groups excluding carboxylic acids is 2. The van der Waals surface area contributed by atoms with Crippen molar-refractivity contribution in [2.24, 2.45) is 11.8 Å². The summed E-state index contributed by atoms with van der Waals surface area (Å²) in [6.45, 7) is 8.14. The zero-order valence-corrected chi connectivity index (χ0v) is 12.7. The largest absolute Gasteiger partial charge is 0.480 e. The first-order chi connectivity index (χ1) is 9.86. The Kier molecular flexibility index (Phi) is 6.39. The molecule has 118 valence electrons. The summed E-state index contributed by atoms with van der Waals surface area (Å²) >= 11 is 0. The van der Waals surface area contributed by atoms with E-state index >= 15 is 0 Å². The quantitative estimate of drug-likeness (QED) is 0.741. The highest BCUT2D eigenvalue weighted by molar-refractivity contribution is 5.84. The Morgan fingerprint density at radius 2 is 2.10 bits per heavy atom. The molecular weight excluding hydrogens is 272 g/mol. The number of carboxylic acid groups (broad SMARTS) is 1. The van der Waals surface area contributed by atoms with Gasteiger partial charge in [0.1, 0.15) is 6.54 Å². The summed E-state index contributed by atoms with van der Waals surface area (Å²) in [6.07, 6.45) is 2.97. The lowest BCUT2D eigenvalue weighted by Gasteiger charge is -2.35. The van der Waals surface area contributed by atoms with Gasteiger partial charge in [-0.1, -0.05) is 19.9 Å². The average Bonchev–Trinajstić information content (AvgIpc) is 2.44. The fourth-order valence-corrected chi connectivity index (χ4v) is 2.55. The van der Waals surface area contributed by atoms with Crippen LogP contribution in [0.4, 0.5) is 0 Å². The smallest absolute Gasteiger partial charge is 0.323 e. The summed E-state index contributed by atoms with van der Waals surface area (Å²) < 4.78 is 0. The first-order valence-electron chi connectivity index (χ1n) is 7.27. The van der Waals surface area contributed by atoms with Gasteiger partial charge in [-0.2, -0.15) is 0 Å². The number of likely N-dealkylation sites (tertiary alicyclic amines) is 1. The van der Waals surface area contributed by atoms with Crippen LogP contribution in [0.15, 0.2) is 12.7 Å². The Balaban J connectivity index is 2.73. The topological polar surface area (TPSA) is 77.9 Å². The average molecular weight is 296 g/mol. The van der Waals surface area contributed by atoms with E-state index in [0.29, 0.717) is 19.5 Å². The van der Waals surface area contributed by atoms with Gasteiger partial charge in [0.05, 0.1) is 5.92 Å². The molecular formula is C15H24N2O4. The summed E-state index contributed by atoms with van der Waals surface area (Å²) in [7, 11) is 0. The number of rotatable bonds is 6. The lowest BCUT2D eigenvalue weighted by molar-refractivity contribution is -0.148. The van der Waals surface area contributed by atoms with Crippen LogP contribution in [0.1, 0.15) is 26.7 Å². The van der Waals surface area contributed by atoms with Gasteiger partial charge in [-0.25, -0.2) is 0 Å². The Labute approximate surface area is 125 Å². The van der Waals surface area contributed by atoms with Gasteiger partial charge >= 0.3 is 5.97 Å². The maximum absolute atomic E-state index is 12.4. The molecule has 0 spiro atoms. The van der Waals surface area contributed by atoms with Crippen molar-refractivity contribution >= 4 is 17.8 Å². The molecule has 6 heteroatoms. The minimum atomic E-state index is -1.05. The fraction of sp³-hybridized carbons (Fsp3) is 0.667. The van der Waals surface area contributed by atoms with Gasteiger partial charge in [-0.3, -0.25) is 14.4 Å². The van der Waals surface area contributed by atoms with Gasteiger partial charge < -0.3 is 14.9 Å². The molecule has 1 atom stereocenters. The van der Waals surface area contributed by atoms with Crippen LogP contribution in [0.3, 0.4) is 0 Å². The van der Waals surface area contributed by atoms with Crippen LogP contribution < -0.4 is 0 Å². The monoisotopic (exact) mass is 296 g/mol. The third-order valence-electron chi connectivity index (χ3n) is 3.56. The van der Waals surface area contributed by atoms with Gasteiger partial charge in [0.2, 0.25) is 11.8 Å². The Morgan fingerprint density at radius 1 is 1.43 bits per heavy atom. The van der Waals surface area contributed by atoms with E-state index in [-0.39, 0.29) is 36.7 Å². The molecule has 1 N–H and O–H groups in total. The van der Waals surface area contributed by atoms with Gasteiger partial charge in [-0.15, -0.1) is 6.58 Å². The molecule has 1 aliphatic heterocycles. The van der Waals surface area contributed by atoms with E-state index in [1.165, 1.54) is 11.0 Å². The minimum Gasteiger partial charge on any atom is -0.480 e. The molecule has 1 unspecified atom stereocenters. The lowest BCUT2D eigenvalue weighted by atomic mass is 9.95. The van der Waals surface area contributed by atoms with E-state index in [4.69, 9.17) is 5.11 Å². The van der Waals surface area contributed by atoms with E-state index in [1.807, 2.05) is 13.8 Å². The maximum atomic E-state index is 12.4. The Hall–Kier alpha value is -1.85. The normalized spacial score (nSPS) is 18.4. The molecule has 21 heavy (non-hydrogen) atoms. The van der Waals surface area contributed by atoms with E-state index < -0.39 is 5.97 Å². The number of piperidine rings is 1. The maximum Gasteiger partial charge on any atom is 0.323 e. The van der Waals surface area contributed by atoms with Crippen LogP contribution in [0.25, 0.3) is 0 Å². The second-order valence-electron chi connectivity index (χ2n) is 5.68. The van der Waals surface area contributed by atoms with Crippen LogP contribution in [0.2, 0.25) is 0 Å². The highest BCUT2D eigenvalue weighted by atomic mass is 16.4. The number of carboxylic acids is 1. The lowest BCUT2D eigenvalue weighted by Crippen LogP contribution is -2.48. The molecule has 0 aromatic rings. The second kappa shape index (κ2) is 7.81. The summed E-state index contributed by atoms with van der Waals surface area (Å²) in [4.78, 5) is 38.3. The summed E-state index contributed by atoms with van der Waals surface area (Å²) in [5.74, 6) is -1.63. The van der Waals surface area contributed by atoms with Gasteiger partial charge in [0.15, 0.2) is 0 Å². The summed E-state index contributed by atoms with van der Waals surface area (Å²) in [5, 5.41) is 8.88. The Morgan fingerprint density at radius 3 is 2.62 bits per heavy atom. The molecule has 0 saturated carbocycles. The van der Waals surface area contributed by atoms with Gasteiger partial charge in [-0.05, 0) is 12.8 Å². The molecule has 1 saturated heterocycles. The van der Waals surface area contributed by atoms with E-state index in [1.54, 1.807) is 4.90 Å². The third-order valence-corrected chi connectivity index (χ3v) is 3.56. The van der Waals surface area contributed by atoms with E-state index in [0.717, 1.165) is 6.42 Å². The number of carbonyl (C=O) groups is 3. The minimum absolute atomic E-state index is 0.0426. The van der Waals surface area contributed by atoms with E-state index in [2.05, 4.69) is 6.58 Å². The molecule has 1 heterocycles. The van der Waals surface area contributed by atoms with Gasteiger partial charge in [0, 0.05) is 25.6 Å². The van der Waals surface area contributed by atoms with Crippen molar-refractivity contribution in [2.75, 3.05) is 26.2 Å². The van der Waals surface area contributed by atoms with Crippen molar-refractivity contribution in [3.63, 3.8) is 0 Å². The number of hydrogen-bond donors (Lipinski definition) is 1. The van der Waals surface area contributed by atoms with Crippen molar-refractivity contribution in [2.45, 2.75) is 26.7 Å². The first kappa shape index (κ1) is 17.2. The molecule has 2 amide bonds. The molecule has 0 aromatic carbocycles. The molecule has 0 aliphatic carbocycles. The molecule has 1 fully saturated rings. The van der Waals surface area contributed by atoms with Crippen LogP contribution in [0.5, 0.6) is 0 Å². The van der Waals surface area contributed by atoms with Gasteiger partial charge in [0.25, 0.3) is 0 Å². The van der Waals surface area contributed by atoms with Crippen molar-refractivity contribution < 1.29 is 19.5 Å². The number of nitrogens with zero attached hydrogens (tertiary/aromatic N) is 2. The predicted molar refractivity (Wildman–Crippen MR) is 78.6 cm³/mol. The SMILES string of the molecule is C=CCN(CC(=O)O)C(=O)C1CCCN(C(=O)C(C)C)C1. The highest BCUT2D eigenvalue weighted by Crippen LogP contribution is 2.20. The Bertz CT molecular complexity index is 420. The third kappa shape index (κ3) is 4.88. The van der Waals surface area contributed by atoms with Crippen LogP contribution in [-0.4, -0.2) is 58.9 Å². The number of aliphatic carboxylic acids is 1. The van der Waals surface area contributed by atoms with Crippen molar-refractivity contribution in [1.82, 2.24) is 9.80 Å². The van der Waals surface area contributed by atoms with E-state index in [9.17, 15) is 14.4 Å².